The topological polar surface area (TPSA) is 25.8 Å². The van der Waals surface area contributed by atoms with Gasteiger partial charge in [0.05, 0.1) is 11.4 Å². The van der Waals surface area contributed by atoms with E-state index in [1.165, 1.54) is 36.8 Å². The molecule has 2 nitrogen and oxygen atoms in total. The molecule has 4 aromatic rings. The predicted molar refractivity (Wildman–Crippen MR) is 121 cm³/mol. The third-order valence-electron chi connectivity index (χ3n) is 5.24. The minimum Gasteiger partial charge on any atom is -0.256 e. The number of hydrogen-bond acceptors (Lipinski definition) is 2. The zero-order valence-electron chi connectivity index (χ0n) is 16.7. The number of nitrogens with zero attached hydrogens (tertiary/aromatic N) is 2. The Morgan fingerprint density at radius 1 is 0.483 bits per heavy atom. The molecular weight excluding hydrogens is 352 g/mol. The minimum absolute atomic E-state index is 0.975. The molecule has 4 rings (SSSR count). The van der Waals surface area contributed by atoms with Crippen LogP contribution in [0.3, 0.4) is 0 Å². The van der Waals surface area contributed by atoms with Crippen LogP contribution >= 0.6 is 0 Å². The zero-order valence-corrected chi connectivity index (χ0v) is 16.7. The smallest absolute Gasteiger partial charge is 0.0708 e. The third-order valence-corrected chi connectivity index (χ3v) is 5.24. The Kier molecular flexibility index (Phi) is 6.44. The van der Waals surface area contributed by atoms with Gasteiger partial charge >= 0.3 is 0 Å². The van der Waals surface area contributed by atoms with Gasteiger partial charge in [-0.05, 0) is 61.1 Å². The van der Waals surface area contributed by atoms with Gasteiger partial charge in [-0.15, -0.1) is 0 Å². The van der Waals surface area contributed by atoms with Crippen molar-refractivity contribution >= 4 is 0 Å². The number of rotatable bonds is 8. The van der Waals surface area contributed by atoms with Crippen LogP contribution in [-0.2, 0) is 12.8 Å². The van der Waals surface area contributed by atoms with Crippen molar-refractivity contribution < 1.29 is 0 Å². The molecule has 2 aromatic heterocycles. The summed E-state index contributed by atoms with van der Waals surface area (Å²) >= 11 is 0. The van der Waals surface area contributed by atoms with Gasteiger partial charge in [-0.1, -0.05) is 67.1 Å². The van der Waals surface area contributed by atoms with E-state index >= 15 is 0 Å². The molecule has 0 bridgehead atoms. The first-order valence-electron chi connectivity index (χ1n) is 10.4. The van der Waals surface area contributed by atoms with E-state index in [4.69, 9.17) is 0 Å². The maximum Gasteiger partial charge on any atom is 0.0708 e. The maximum atomic E-state index is 4.55. The Morgan fingerprint density at radius 3 is 1.90 bits per heavy atom. The third kappa shape index (κ3) is 5.39. The quantitative estimate of drug-likeness (QED) is 0.316. The Balaban J connectivity index is 1.31. The van der Waals surface area contributed by atoms with Crippen molar-refractivity contribution in [2.24, 2.45) is 0 Å². The number of benzene rings is 2. The lowest BCUT2D eigenvalue weighted by atomic mass is 10.0. The van der Waals surface area contributed by atoms with Crippen LogP contribution in [0.15, 0.2) is 97.3 Å². The first-order chi connectivity index (χ1) is 14.4. The van der Waals surface area contributed by atoms with Crippen molar-refractivity contribution in [3.63, 3.8) is 0 Å². The van der Waals surface area contributed by atoms with Crippen LogP contribution in [0.1, 0.15) is 30.4 Å². The van der Waals surface area contributed by atoms with E-state index in [-0.39, 0.29) is 0 Å². The molecule has 2 heterocycles. The molecule has 2 aromatic carbocycles. The van der Waals surface area contributed by atoms with Gasteiger partial charge in [0, 0.05) is 23.5 Å². The average Bonchev–Trinajstić information content (AvgIpc) is 2.81. The molecule has 144 valence electrons. The van der Waals surface area contributed by atoms with E-state index in [0.717, 1.165) is 28.9 Å². The molecule has 0 aliphatic carbocycles. The van der Waals surface area contributed by atoms with Crippen molar-refractivity contribution in [3.05, 3.63) is 108 Å². The fourth-order valence-electron chi connectivity index (χ4n) is 3.60. The van der Waals surface area contributed by atoms with Crippen molar-refractivity contribution in [1.29, 1.82) is 0 Å². The summed E-state index contributed by atoms with van der Waals surface area (Å²) in [5.74, 6) is 0. The molecule has 0 atom stereocenters. The molecule has 0 aliphatic rings. The minimum atomic E-state index is 0.975. The van der Waals surface area contributed by atoms with Gasteiger partial charge in [0.2, 0.25) is 0 Å². The van der Waals surface area contributed by atoms with Crippen molar-refractivity contribution in [2.45, 2.75) is 32.1 Å². The molecule has 0 saturated heterocycles. The largest absolute Gasteiger partial charge is 0.256 e. The van der Waals surface area contributed by atoms with Crippen molar-refractivity contribution in [3.8, 4) is 22.5 Å². The second-order valence-electron chi connectivity index (χ2n) is 7.39. The van der Waals surface area contributed by atoms with Gasteiger partial charge < -0.3 is 0 Å². The highest BCUT2D eigenvalue weighted by Gasteiger charge is 2.04. The highest BCUT2D eigenvalue weighted by molar-refractivity contribution is 5.68. The van der Waals surface area contributed by atoms with Crippen LogP contribution in [0.25, 0.3) is 22.5 Å². The first kappa shape index (κ1) is 19.1. The summed E-state index contributed by atoms with van der Waals surface area (Å²) in [5.41, 5.74) is 7.05. The van der Waals surface area contributed by atoms with Crippen LogP contribution in [0, 0.1) is 0 Å². The van der Waals surface area contributed by atoms with Crippen LogP contribution in [0.4, 0.5) is 0 Å². The van der Waals surface area contributed by atoms with Crippen molar-refractivity contribution in [1.82, 2.24) is 9.97 Å². The van der Waals surface area contributed by atoms with Crippen LogP contribution in [0.5, 0.6) is 0 Å². The normalized spacial score (nSPS) is 10.8. The number of unbranched alkanes of at least 4 members (excludes halogenated alkanes) is 2. The fourth-order valence-corrected chi connectivity index (χ4v) is 3.60. The Labute approximate surface area is 173 Å². The lowest BCUT2D eigenvalue weighted by molar-refractivity contribution is 0.678. The van der Waals surface area contributed by atoms with Gasteiger partial charge in [0.1, 0.15) is 0 Å². The van der Waals surface area contributed by atoms with E-state index < -0.39 is 0 Å². The van der Waals surface area contributed by atoms with E-state index in [1.54, 1.807) is 0 Å². The molecule has 0 unspecified atom stereocenters. The molecule has 29 heavy (non-hydrogen) atoms. The second-order valence-corrected chi connectivity index (χ2v) is 7.39. The van der Waals surface area contributed by atoms with E-state index in [9.17, 15) is 0 Å². The first-order valence-corrected chi connectivity index (χ1v) is 10.4. The summed E-state index contributed by atoms with van der Waals surface area (Å²) in [6.07, 6.45) is 9.76. The van der Waals surface area contributed by atoms with Crippen LogP contribution in [-0.4, -0.2) is 9.97 Å². The monoisotopic (exact) mass is 378 g/mol. The van der Waals surface area contributed by atoms with Gasteiger partial charge in [-0.3, -0.25) is 9.97 Å². The summed E-state index contributed by atoms with van der Waals surface area (Å²) in [6, 6.07) is 29.7. The fraction of sp³-hybridized carbons (Fsp3) is 0.185. The Morgan fingerprint density at radius 2 is 1.17 bits per heavy atom. The Hall–Kier alpha value is -3.26. The summed E-state index contributed by atoms with van der Waals surface area (Å²) in [5, 5.41) is 0. The highest BCUT2D eigenvalue weighted by Crippen LogP contribution is 2.24. The van der Waals surface area contributed by atoms with Gasteiger partial charge in [-0.2, -0.15) is 0 Å². The zero-order chi connectivity index (χ0) is 19.7. The average molecular weight is 379 g/mol. The standard InChI is InChI=1S/C27H26N2/c1-3-9-22(10-4-1)11-5-2-6-12-23-14-16-24(17-15-23)27-21-25(18-20-29-27)26-13-7-8-19-28-26/h1,3-4,7-10,13-21H,2,5-6,11-12H2. The summed E-state index contributed by atoms with van der Waals surface area (Å²) in [4.78, 5) is 8.99. The molecule has 0 spiro atoms. The van der Waals surface area contributed by atoms with Crippen molar-refractivity contribution in [2.75, 3.05) is 0 Å². The van der Waals surface area contributed by atoms with Gasteiger partial charge in [0.25, 0.3) is 0 Å². The molecular formula is C27H26N2. The Bertz CT molecular complexity index is 1010. The van der Waals surface area contributed by atoms with Gasteiger partial charge in [0.15, 0.2) is 0 Å². The summed E-state index contributed by atoms with van der Waals surface area (Å²) < 4.78 is 0. The lowest BCUT2D eigenvalue weighted by Crippen LogP contribution is -1.90. The van der Waals surface area contributed by atoms with Crippen LogP contribution in [0.2, 0.25) is 0 Å². The van der Waals surface area contributed by atoms with E-state index in [1.807, 2.05) is 36.7 Å². The molecule has 0 radical (unpaired) electrons. The van der Waals surface area contributed by atoms with E-state index in [2.05, 4.69) is 70.6 Å². The molecule has 0 N–H and O–H groups in total. The lowest BCUT2D eigenvalue weighted by Gasteiger charge is -2.07. The maximum absolute atomic E-state index is 4.55. The molecule has 0 fully saturated rings. The number of pyridine rings is 2. The summed E-state index contributed by atoms with van der Waals surface area (Å²) in [7, 11) is 0. The predicted octanol–water partition coefficient (Wildman–Crippen LogP) is 6.77. The number of aromatic nitrogens is 2. The molecule has 2 heteroatoms. The molecule has 0 amide bonds. The van der Waals surface area contributed by atoms with E-state index in [0.29, 0.717) is 0 Å². The number of hydrogen-bond donors (Lipinski definition) is 0. The molecule has 0 aliphatic heterocycles. The highest BCUT2D eigenvalue weighted by atomic mass is 14.7. The van der Waals surface area contributed by atoms with Gasteiger partial charge in [-0.25, -0.2) is 0 Å². The van der Waals surface area contributed by atoms with Crippen LogP contribution < -0.4 is 0 Å². The number of aryl methyl sites for hydroxylation is 2. The molecule has 0 saturated carbocycles. The second kappa shape index (κ2) is 9.79. The summed E-state index contributed by atoms with van der Waals surface area (Å²) in [6.45, 7) is 0. The SMILES string of the molecule is c1ccc(CCCCCc2ccc(-c3cc(-c4ccccn4)ccn3)cc2)cc1.